The molecule has 0 fully saturated rings. The number of ether oxygens (including phenoxy) is 2. The van der Waals surface area contributed by atoms with Crippen molar-refractivity contribution in [3.63, 3.8) is 0 Å². The number of allylic oxidation sites excluding steroid dienone is 2. The quantitative estimate of drug-likeness (QED) is 0.613. The Labute approximate surface area is 143 Å². The minimum absolute atomic E-state index is 0. The minimum Gasteiger partial charge on any atom is -0.455 e. The molecule has 1 aliphatic carbocycles. The van der Waals surface area contributed by atoms with Gasteiger partial charge < -0.3 is 14.8 Å². The second kappa shape index (κ2) is 7.79. The number of hydrogen-bond acceptors (Lipinski definition) is 5. The van der Waals surface area contributed by atoms with Crippen molar-refractivity contribution >= 4 is 17.8 Å². The molecule has 0 aliphatic heterocycles. The maximum Gasteiger partial charge on any atom is 0.380 e. The average molecular weight is 357 g/mol. The molecular formula is C13H18NO5Y-. The first-order valence-electron chi connectivity index (χ1n) is 5.90. The Hall–Kier alpha value is -0.876. The molecule has 0 heterocycles. The van der Waals surface area contributed by atoms with Crippen molar-refractivity contribution in [3.8, 4) is 0 Å². The maximum absolute atomic E-state index is 11.7. The molecule has 20 heavy (non-hydrogen) atoms. The predicted molar refractivity (Wildman–Crippen MR) is 66.6 cm³/mol. The van der Waals surface area contributed by atoms with Gasteiger partial charge in [0, 0.05) is 51.1 Å². The number of nitrogens with one attached hydrogen (secondary N) is 1. The summed E-state index contributed by atoms with van der Waals surface area (Å²) in [5, 5.41) is 2.09. The number of amides is 1. The summed E-state index contributed by atoms with van der Waals surface area (Å²) in [5.41, 5.74) is -0.267. The molecule has 1 atom stereocenters. The van der Waals surface area contributed by atoms with Gasteiger partial charge in [0.15, 0.2) is 11.8 Å². The second-order valence-corrected chi connectivity index (χ2v) is 5.10. The van der Waals surface area contributed by atoms with E-state index < -0.39 is 12.1 Å². The molecule has 1 unspecified atom stereocenters. The maximum atomic E-state index is 11.7. The summed E-state index contributed by atoms with van der Waals surface area (Å²) >= 11 is 0. The van der Waals surface area contributed by atoms with Gasteiger partial charge in [-0.15, -0.1) is 0 Å². The van der Waals surface area contributed by atoms with Gasteiger partial charge in [0.05, 0.1) is 7.11 Å². The molecule has 1 radical (unpaired) electrons. The van der Waals surface area contributed by atoms with Crippen LogP contribution in [0.5, 0.6) is 0 Å². The topological polar surface area (TPSA) is 81.7 Å². The molecule has 1 rings (SSSR count). The molecule has 0 aromatic heterocycles. The summed E-state index contributed by atoms with van der Waals surface area (Å²) in [6.45, 7) is 6.57. The first-order valence-corrected chi connectivity index (χ1v) is 5.90. The van der Waals surface area contributed by atoms with Crippen LogP contribution in [0.3, 0.4) is 0 Å². The number of methoxy groups -OCH3 is 1. The number of carbonyl (C=O) groups is 3. The summed E-state index contributed by atoms with van der Waals surface area (Å²) in [7, 11) is 1.18. The fourth-order valence-corrected chi connectivity index (χ4v) is 1.72. The van der Waals surface area contributed by atoms with Crippen molar-refractivity contribution in [1.82, 2.24) is 5.32 Å². The molecule has 1 aliphatic rings. The van der Waals surface area contributed by atoms with E-state index >= 15 is 0 Å². The zero-order valence-electron chi connectivity index (χ0n) is 12.1. The number of carbonyl (C=O) groups excluding carboxylic acids is 3. The summed E-state index contributed by atoms with van der Waals surface area (Å²) in [4.78, 5) is 33.9. The Kier molecular flexibility index (Phi) is 7.45. The van der Waals surface area contributed by atoms with Crippen molar-refractivity contribution in [3.05, 3.63) is 18.4 Å². The van der Waals surface area contributed by atoms with Gasteiger partial charge in [-0.1, -0.05) is 20.8 Å². The molecule has 0 spiro atoms. The van der Waals surface area contributed by atoms with Crippen molar-refractivity contribution in [2.75, 3.05) is 7.11 Å². The van der Waals surface area contributed by atoms with E-state index in [2.05, 4.69) is 10.1 Å². The molecule has 7 heteroatoms. The third kappa shape index (κ3) is 5.25. The largest absolute Gasteiger partial charge is 0.455 e. The first kappa shape index (κ1) is 19.1. The van der Waals surface area contributed by atoms with Crippen LogP contribution in [0.1, 0.15) is 27.2 Å². The fourth-order valence-electron chi connectivity index (χ4n) is 1.72. The van der Waals surface area contributed by atoms with Gasteiger partial charge in [0.2, 0.25) is 0 Å². The Balaban J connectivity index is 0.00000361. The monoisotopic (exact) mass is 357 g/mol. The van der Waals surface area contributed by atoms with E-state index in [1.807, 2.05) is 20.8 Å². The standard InChI is InChI=1S/C13H18NO5.Y/c1-8-10(15)5-9(6-13(8,2)3)19-11(16)7-14-12(17)18-4;/h5,7-8H,6H2,1-4H3,(H,14,17);/q-1;. The van der Waals surface area contributed by atoms with Crippen LogP contribution in [-0.4, -0.2) is 25.0 Å². The zero-order chi connectivity index (χ0) is 14.6. The Bertz CT molecular complexity index is 430. The first-order chi connectivity index (χ1) is 8.76. The molecule has 0 aromatic carbocycles. The molecule has 0 saturated carbocycles. The number of alkyl carbamates (subject to hydrolysis) is 1. The molecule has 6 nitrogen and oxygen atoms in total. The number of ketones is 1. The predicted octanol–water partition coefficient (Wildman–Crippen LogP) is 1.56. The smallest absolute Gasteiger partial charge is 0.380 e. The van der Waals surface area contributed by atoms with E-state index in [1.54, 1.807) is 0 Å². The van der Waals surface area contributed by atoms with E-state index in [4.69, 9.17) is 4.74 Å². The van der Waals surface area contributed by atoms with Gasteiger partial charge in [-0.05, 0) is 5.41 Å². The summed E-state index contributed by atoms with van der Waals surface area (Å²) < 4.78 is 9.31. The Morgan fingerprint density at radius 2 is 2.05 bits per heavy atom. The molecule has 0 aromatic rings. The van der Waals surface area contributed by atoms with E-state index in [1.165, 1.54) is 13.2 Å². The SMILES string of the molecule is COC(=O)N[CH-]C(=O)OC1=CC(=O)C(C)C(C)(C)C1.[Y]. The van der Waals surface area contributed by atoms with E-state index in [0.717, 1.165) is 6.54 Å². The third-order valence-electron chi connectivity index (χ3n) is 3.26. The van der Waals surface area contributed by atoms with Crippen LogP contribution < -0.4 is 5.32 Å². The van der Waals surface area contributed by atoms with Crippen molar-refractivity contribution in [2.45, 2.75) is 27.2 Å². The number of esters is 1. The van der Waals surface area contributed by atoms with Crippen LogP contribution in [0.4, 0.5) is 4.79 Å². The van der Waals surface area contributed by atoms with Gasteiger partial charge in [-0.3, -0.25) is 9.59 Å². The molecule has 0 saturated heterocycles. The van der Waals surface area contributed by atoms with Crippen molar-refractivity contribution in [2.24, 2.45) is 11.3 Å². The zero-order valence-corrected chi connectivity index (χ0v) is 14.9. The molecular weight excluding hydrogens is 339 g/mol. The number of rotatable bonds is 3. The van der Waals surface area contributed by atoms with Crippen molar-refractivity contribution < 1.29 is 56.6 Å². The van der Waals surface area contributed by atoms with Crippen molar-refractivity contribution in [1.29, 1.82) is 0 Å². The van der Waals surface area contributed by atoms with Gasteiger partial charge in [-0.25, -0.2) is 4.79 Å². The van der Waals surface area contributed by atoms with Crippen LogP contribution >= 0.6 is 0 Å². The summed E-state index contributed by atoms with van der Waals surface area (Å²) in [6, 6.07) is 0. The molecule has 0 bridgehead atoms. The van der Waals surface area contributed by atoms with Gasteiger partial charge in [0.25, 0.3) is 0 Å². The normalized spacial score (nSPS) is 20.1. The van der Waals surface area contributed by atoms with Gasteiger partial charge in [-0.2, -0.15) is 6.54 Å². The summed E-state index contributed by atoms with van der Waals surface area (Å²) in [6.07, 6.45) is 1.05. The van der Waals surface area contributed by atoms with Gasteiger partial charge >= 0.3 is 6.09 Å². The fraction of sp³-hybridized carbons (Fsp3) is 0.538. The Morgan fingerprint density at radius 1 is 1.45 bits per heavy atom. The minimum atomic E-state index is -0.764. The van der Waals surface area contributed by atoms with Crippen LogP contribution in [0.2, 0.25) is 0 Å². The molecule has 1 N–H and O–H groups in total. The molecule has 109 valence electrons. The van der Waals surface area contributed by atoms with Crippen LogP contribution in [0.15, 0.2) is 11.8 Å². The van der Waals surface area contributed by atoms with Crippen LogP contribution in [0, 0.1) is 17.9 Å². The number of hydrogen-bond donors (Lipinski definition) is 1. The van der Waals surface area contributed by atoms with E-state index in [9.17, 15) is 14.4 Å². The van der Waals surface area contributed by atoms with E-state index in [0.29, 0.717) is 12.2 Å². The third-order valence-corrected chi connectivity index (χ3v) is 3.26. The average Bonchev–Trinajstić information content (AvgIpc) is 2.32. The summed E-state index contributed by atoms with van der Waals surface area (Å²) in [5.74, 6) is -0.636. The molecule has 1 amide bonds. The second-order valence-electron chi connectivity index (χ2n) is 5.10. The van der Waals surface area contributed by atoms with Crippen LogP contribution in [-0.2, 0) is 51.8 Å². The van der Waals surface area contributed by atoms with Gasteiger partial charge in [0.1, 0.15) is 5.76 Å². The van der Waals surface area contributed by atoms with E-state index in [-0.39, 0.29) is 49.8 Å². The Morgan fingerprint density at radius 3 is 2.55 bits per heavy atom. The van der Waals surface area contributed by atoms with Crippen LogP contribution in [0.25, 0.3) is 0 Å².